The van der Waals surface area contributed by atoms with Gasteiger partial charge in [-0.1, -0.05) is 31.9 Å². The molecule has 3 rings (SSSR count). The number of rotatable bonds is 12. The van der Waals surface area contributed by atoms with Crippen molar-refractivity contribution in [2.45, 2.75) is 62.9 Å². The Morgan fingerprint density at radius 2 is 1.91 bits per heavy atom. The standard InChI is InChI=1S/C24H32N2O5S/c1-4-5-6-14-31-22-13-10-18(16-23(22)30-3)17(2)25-24(27)19-8-7-9-21(15-19)32(28,29)26-20-11-12-20/h7-10,13,15-17,20,26H,4-6,11-12,14H2,1-3H3,(H,25,27). The summed E-state index contributed by atoms with van der Waals surface area (Å²) in [5, 5.41) is 2.92. The third kappa shape index (κ3) is 6.46. The molecule has 1 unspecified atom stereocenters. The summed E-state index contributed by atoms with van der Waals surface area (Å²) in [6.07, 6.45) is 4.93. The zero-order valence-electron chi connectivity index (χ0n) is 18.9. The van der Waals surface area contributed by atoms with Gasteiger partial charge in [0.15, 0.2) is 11.5 Å². The molecule has 8 heteroatoms. The van der Waals surface area contributed by atoms with Crippen LogP contribution in [0.3, 0.4) is 0 Å². The van der Waals surface area contributed by atoms with E-state index in [9.17, 15) is 13.2 Å². The van der Waals surface area contributed by atoms with Crippen molar-refractivity contribution in [2.24, 2.45) is 0 Å². The van der Waals surface area contributed by atoms with Gasteiger partial charge in [0.2, 0.25) is 10.0 Å². The maximum Gasteiger partial charge on any atom is 0.251 e. The molecule has 1 aliphatic rings. The zero-order chi connectivity index (χ0) is 23.1. The van der Waals surface area contributed by atoms with E-state index >= 15 is 0 Å². The van der Waals surface area contributed by atoms with Crippen LogP contribution in [0.25, 0.3) is 0 Å². The van der Waals surface area contributed by atoms with Gasteiger partial charge in [0.05, 0.1) is 24.7 Å². The fourth-order valence-electron chi connectivity index (χ4n) is 3.26. The van der Waals surface area contributed by atoms with Crippen LogP contribution in [-0.2, 0) is 10.0 Å². The Bertz CT molecular complexity index is 1030. The van der Waals surface area contributed by atoms with Crippen molar-refractivity contribution in [2.75, 3.05) is 13.7 Å². The Morgan fingerprint density at radius 3 is 2.59 bits per heavy atom. The van der Waals surface area contributed by atoms with Gasteiger partial charge in [-0.05, 0) is 62.1 Å². The lowest BCUT2D eigenvalue weighted by Crippen LogP contribution is -2.28. The van der Waals surface area contributed by atoms with Crippen LogP contribution in [0.15, 0.2) is 47.4 Å². The molecule has 0 saturated heterocycles. The molecule has 0 bridgehead atoms. The molecule has 1 aliphatic carbocycles. The van der Waals surface area contributed by atoms with Gasteiger partial charge in [-0.3, -0.25) is 4.79 Å². The fraction of sp³-hybridized carbons (Fsp3) is 0.458. The van der Waals surface area contributed by atoms with Crippen molar-refractivity contribution >= 4 is 15.9 Å². The normalized spacial score (nSPS) is 14.6. The average Bonchev–Trinajstić information content (AvgIpc) is 3.60. The van der Waals surface area contributed by atoms with Crippen molar-refractivity contribution in [3.63, 3.8) is 0 Å². The molecule has 32 heavy (non-hydrogen) atoms. The number of methoxy groups -OCH3 is 1. The minimum atomic E-state index is -3.62. The van der Waals surface area contributed by atoms with Gasteiger partial charge in [-0.2, -0.15) is 0 Å². The maximum absolute atomic E-state index is 12.8. The highest BCUT2D eigenvalue weighted by molar-refractivity contribution is 7.89. The Morgan fingerprint density at radius 1 is 1.12 bits per heavy atom. The first-order chi connectivity index (χ1) is 15.3. The quantitative estimate of drug-likeness (QED) is 0.463. The lowest BCUT2D eigenvalue weighted by molar-refractivity contribution is 0.0939. The Labute approximate surface area is 190 Å². The average molecular weight is 461 g/mol. The summed E-state index contributed by atoms with van der Waals surface area (Å²) in [7, 11) is -2.03. The number of unbranched alkanes of at least 4 members (excludes halogenated alkanes) is 2. The molecule has 1 atom stereocenters. The largest absolute Gasteiger partial charge is 0.493 e. The second kappa shape index (κ2) is 10.8. The van der Waals surface area contributed by atoms with Crippen LogP contribution in [-0.4, -0.2) is 34.1 Å². The molecule has 0 spiro atoms. The zero-order valence-corrected chi connectivity index (χ0v) is 19.7. The van der Waals surface area contributed by atoms with E-state index in [1.165, 1.54) is 12.1 Å². The molecule has 2 N–H and O–H groups in total. The number of benzene rings is 2. The van der Waals surface area contributed by atoms with Gasteiger partial charge in [0.1, 0.15) is 0 Å². The van der Waals surface area contributed by atoms with E-state index in [1.807, 2.05) is 25.1 Å². The van der Waals surface area contributed by atoms with Crippen LogP contribution >= 0.6 is 0 Å². The first kappa shape index (κ1) is 24.1. The molecule has 1 fully saturated rings. The Kier molecular flexibility index (Phi) is 8.15. The minimum absolute atomic E-state index is 0.00563. The smallest absolute Gasteiger partial charge is 0.251 e. The van der Waals surface area contributed by atoms with Gasteiger partial charge in [-0.25, -0.2) is 13.1 Å². The third-order valence-electron chi connectivity index (χ3n) is 5.35. The van der Waals surface area contributed by atoms with Gasteiger partial charge < -0.3 is 14.8 Å². The summed E-state index contributed by atoms with van der Waals surface area (Å²) in [4.78, 5) is 12.9. The molecule has 0 radical (unpaired) electrons. The van der Waals surface area contributed by atoms with E-state index in [2.05, 4.69) is 17.0 Å². The van der Waals surface area contributed by atoms with Crippen LogP contribution in [0, 0.1) is 0 Å². The summed E-state index contributed by atoms with van der Waals surface area (Å²) < 4.78 is 38.8. The molecule has 0 aromatic heterocycles. The lowest BCUT2D eigenvalue weighted by Gasteiger charge is -2.17. The third-order valence-corrected chi connectivity index (χ3v) is 6.86. The highest BCUT2D eigenvalue weighted by Crippen LogP contribution is 2.30. The van der Waals surface area contributed by atoms with Crippen molar-refractivity contribution in [3.05, 3.63) is 53.6 Å². The molecule has 2 aromatic rings. The summed E-state index contributed by atoms with van der Waals surface area (Å²) in [6.45, 7) is 4.64. The molecule has 2 aromatic carbocycles. The van der Waals surface area contributed by atoms with E-state index in [0.29, 0.717) is 23.7 Å². The predicted molar refractivity (Wildman–Crippen MR) is 124 cm³/mol. The molecule has 174 valence electrons. The van der Waals surface area contributed by atoms with Crippen molar-refractivity contribution < 1.29 is 22.7 Å². The highest BCUT2D eigenvalue weighted by Gasteiger charge is 2.28. The van der Waals surface area contributed by atoms with Crippen molar-refractivity contribution in [1.82, 2.24) is 10.0 Å². The number of hydrogen-bond acceptors (Lipinski definition) is 5. The van der Waals surface area contributed by atoms with Crippen LogP contribution < -0.4 is 19.5 Å². The highest BCUT2D eigenvalue weighted by atomic mass is 32.2. The van der Waals surface area contributed by atoms with E-state index in [4.69, 9.17) is 9.47 Å². The van der Waals surface area contributed by atoms with Crippen molar-refractivity contribution in [1.29, 1.82) is 0 Å². The molecule has 1 saturated carbocycles. The second-order valence-corrected chi connectivity index (χ2v) is 9.80. The van der Waals surface area contributed by atoms with Crippen LogP contribution in [0.5, 0.6) is 11.5 Å². The summed E-state index contributed by atoms with van der Waals surface area (Å²) >= 11 is 0. The molecule has 0 aliphatic heterocycles. The van der Waals surface area contributed by atoms with Gasteiger partial charge in [-0.15, -0.1) is 0 Å². The fourth-order valence-corrected chi connectivity index (χ4v) is 4.61. The monoisotopic (exact) mass is 460 g/mol. The lowest BCUT2D eigenvalue weighted by atomic mass is 10.1. The number of amides is 1. The number of carbonyl (C=O) groups excluding carboxylic acids is 1. The number of ether oxygens (including phenoxy) is 2. The van der Waals surface area contributed by atoms with Crippen molar-refractivity contribution in [3.8, 4) is 11.5 Å². The first-order valence-corrected chi connectivity index (χ1v) is 12.6. The predicted octanol–water partition coefficient (Wildman–Crippen LogP) is 4.20. The van der Waals surface area contributed by atoms with E-state index in [-0.39, 0.29) is 22.9 Å². The molecular weight excluding hydrogens is 428 g/mol. The van der Waals surface area contributed by atoms with Crippen LogP contribution in [0.4, 0.5) is 0 Å². The maximum atomic E-state index is 12.8. The first-order valence-electron chi connectivity index (χ1n) is 11.1. The summed E-state index contributed by atoms with van der Waals surface area (Å²) in [5.41, 5.74) is 1.15. The molecule has 7 nitrogen and oxygen atoms in total. The topological polar surface area (TPSA) is 93.7 Å². The van der Waals surface area contributed by atoms with Gasteiger partial charge in [0, 0.05) is 11.6 Å². The Hall–Kier alpha value is -2.58. The second-order valence-electron chi connectivity index (χ2n) is 8.08. The summed E-state index contributed by atoms with van der Waals surface area (Å²) in [5.74, 6) is 0.936. The SMILES string of the molecule is CCCCCOc1ccc(C(C)NC(=O)c2cccc(S(=O)(=O)NC3CC3)c2)cc1OC. The number of nitrogens with one attached hydrogen (secondary N) is 2. The summed E-state index contributed by atoms with van der Waals surface area (Å²) in [6, 6.07) is 11.4. The minimum Gasteiger partial charge on any atom is -0.493 e. The van der Waals surface area contributed by atoms with Gasteiger partial charge >= 0.3 is 0 Å². The van der Waals surface area contributed by atoms with Crippen LogP contribution in [0.2, 0.25) is 0 Å². The number of sulfonamides is 1. The Balaban J connectivity index is 1.67. The molecule has 0 heterocycles. The van der Waals surface area contributed by atoms with Crippen LogP contribution in [0.1, 0.15) is 67.9 Å². The van der Waals surface area contributed by atoms with E-state index in [0.717, 1.165) is 37.7 Å². The number of hydrogen-bond donors (Lipinski definition) is 2. The number of carbonyl (C=O) groups is 1. The molecule has 1 amide bonds. The molecular formula is C24H32N2O5S. The van der Waals surface area contributed by atoms with Gasteiger partial charge in [0.25, 0.3) is 5.91 Å². The van der Waals surface area contributed by atoms with E-state index in [1.54, 1.807) is 19.2 Å². The van der Waals surface area contributed by atoms with E-state index < -0.39 is 10.0 Å².